The van der Waals surface area contributed by atoms with Crippen LogP contribution in [0.15, 0.2) is 29.2 Å². The third-order valence-electron chi connectivity index (χ3n) is 1.95. The number of hydrogen-bond donors (Lipinski definition) is 0. The molecule has 0 fully saturated rings. The summed E-state index contributed by atoms with van der Waals surface area (Å²) in [7, 11) is 0. The van der Waals surface area contributed by atoms with Crippen molar-refractivity contribution in [2.45, 2.75) is 36.7 Å². The molecule has 17 heavy (non-hydrogen) atoms. The maximum Gasteiger partial charge on any atom is 0.308 e. The van der Waals surface area contributed by atoms with Gasteiger partial charge >= 0.3 is 5.97 Å². The predicted molar refractivity (Wildman–Crippen MR) is 75.8 cm³/mol. The molecule has 0 amide bonds. The maximum atomic E-state index is 11.0. The number of hydrogen-bond acceptors (Lipinski definition) is 4. The van der Waals surface area contributed by atoms with Gasteiger partial charge in [0.25, 0.3) is 0 Å². The third kappa shape index (κ3) is 5.04. The number of esters is 1. The molecule has 0 radical (unpaired) electrons. The molecule has 0 aliphatic rings. The first kappa shape index (κ1) is 14.5. The summed E-state index contributed by atoms with van der Waals surface area (Å²) in [6.07, 6.45) is 0. The first-order chi connectivity index (χ1) is 7.94. The van der Waals surface area contributed by atoms with Crippen LogP contribution in [0.1, 0.15) is 27.7 Å². The van der Waals surface area contributed by atoms with Crippen LogP contribution in [0.2, 0.25) is 0 Å². The van der Waals surface area contributed by atoms with Gasteiger partial charge in [-0.2, -0.15) is 0 Å². The molecule has 2 nitrogen and oxygen atoms in total. The van der Waals surface area contributed by atoms with Gasteiger partial charge < -0.3 is 4.74 Å². The first-order valence-corrected chi connectivity index (χ1v) is 7.35. The second-order valence-electron chi connectivity index (χ2n) is 3.98. The van der Waals surface area contributed by atoms with Crippen molar-refractivity contribution in [2.24, 2.45) is 0 Å². The topological polar surface area (TPSA) is 26.3 Å². The SMILES string of the molecule is CCSC(C)(C)Sc1ccccc1OC(C)=O. The molecule has 0 bridgehead atoms. The van der Waals surface area contributed by atoms with Crippen molar-refractivity contribution in [2.75, 3.05) is 5.75 Å². The Kier molecular flexibility index (Phi) is 5.40. The smallest absolute Gasteiger partial charge is 0.308 e. The molecule has 94 valence electrons. The zero-order valence-corrected chi connectivity index (χ0v) is 12.3. The van der Waals surface area contributed by atoms with Crippen molar-refractivity contribution in [3.63, 3.8) is 0 Å². The molecule has 0 aliphatic carbocycles. The molecule has 0 aromatic heterocycles. The predicted octanol–water partition coefficient (Wildman–Crippen LogP) is 4.19. The van der Waals surface area contributed by atoms with Gasteiger partial charge in [-0.3, -0.25) is 4.79 Å². The van der Waals surface area contributed by atoms with E-state index in [1.807, 2.05) is 36.0 Å². The maximum absolute atomic E-state index is 11.0. The van der Waals surface area contributed by atoms with Gasteiger partial charge in [0.05, 0.1) is 8.97 Å². The van der Waals surface area contributed by atoms with Gasteiger partial charge in [-0.1, -0.05) is 19.1 Å². The lowest BCUT2D eigenvalue weighted by atomic mass is 10.3. The molecular formula is C13H18O2S2. The fourth-order valence-corrected chi connectivity index (χ4v) is 3.86. The minimum absolute atomic E-state index is 0.0744. The van der Waals surface area contributed by atoms with Crippen molar-refractivity contribution < 1.29 is 9.53 Å². The monoisotopic (exact) mass is 270 g/mol. The Labute approximate surface area is 112 Å². The Hall–Kier alpha value is -0.610. The van der Waals surface area contributed by atoms with Gasteiger partial charge in [-0.15, -0.1) is 23.5 Å². The third-order valence-corrected chi connectivity index (χ3v) is 4.59. The summed E-state index contributed by atoms with van der Waals surface area (Å²) in [6, 6.07) is 7.65. The van der Waals surface area contributed by atoms with E-state index >= 15 is 0 Å². The summed E-state index contributed by atoms with van der Waals surface area (Å²) < 4.78 is 5.27. The van der Waals surface area contributed by atoms with E-state index in [4.69, 9.17) is 4.74 Å². The fourth-order valence-electron chi connectivity index (χ4n) is 1.42. The van der Waals surface area contributed by atoms with Crippen molar-refractivity contribution in [3.05, 3.63) is 24.3 Å². The zero-order chi connectivity index (χ0) is 12.9. The highest BCUT2D eigenvalue weighted by Gasteiger charge is 2.21. The van der Waals surface area contributed by atoms with Gasteiger partial charge in [-0.05, 0) is 31.7 Å². The average molecular weight is 270 g/mol. The van der Waals surface area contributed by atoms with Crippen molar-refractivity contribution in [3.8, 4) is 5.75 Å². The van der Waals surface area contributed by atoms with Crippen LogP contribution in [-0.2, 0) is 4.79 Å². The Morgan fingerprint density at radius 1 is 1.35 bits per heavy atom. The summed E-state index contributed by atoms with van der Waals surface area (Å²) in [5.41, 5.74) is 0. The lowest BCUT2D eigenvalue weighted by Gasteiger charge is -2.23. The molecule has 0 unspecified atom stereocenters. The van der Waals surface area contributed by atoms with Gasteiger partial charge in [-0.25, -0.2) is 0 Å². The quantitative estimate of drug-likeness (QED) is 0.347. The first-order valence-electron chi connectivity index (χ1n) is 5.55. The molecule has 0 atom stereocenters. The highest BCUT2D eigenvalue weighted by molar-refractivity contribution is 8.18. The Balaban J connectivity index is 2.86. The van der Waals surface area contributed by atoms with Crippen LogP contribution in [-0.4, -0.2) is 15.8 Å². The Bertz CT molecular complexity index is 389. The van der Waals surface area contributed by atoms with Crippen LogP contribution < -0.4 is 4.74 Å². The van der Waals surface area contributed by atoms with Gasteiger partial charge in [0.1, 0.15) is 5.75 Å². The molecule has 0 heterocycles. The van der Waals surface area contributed by atoms with E-state index in [-0.39, 0.29) is 10.0 Å². The number of carbonyl (C=O) groups excluding carboxylic acids is 1. The highest BCUT2D eigenvalue weighted by atomic mass is 32.2. The second-order valence-corrected chi connectivity index (χ2v) is 7.78. The number of thioether (sulfide) groups is 2. The van der Waals surface area contributed by atoms with E-state index < -0.39 is 0 Å². The zero-order valence-electron chi connectivity index (χ0n) is 10.6. The summed E-state index contributed by atoms with van der Waals surface area (Å²) >= 11 is 3.60. The van der Waals surface area contributed by atoms with Crippen LogP contribution in [0.3, 0.4) is 0 Å². The standard InChI is InChI=1S/C13H18O2S2/c1-5-16-13(3,4)17-12-9-7-6-8-11(12)15-10(2)14/h6-9H,5H2,1-4H3. The molecule has 4 heteroatoms. The van der Waals surface area contributed by atoms with Crippen molar-refractivity contribution in [1.29, 1.82) is 0 Å². The molecule has 0 N–H and O–H groups in total. The molecule has 0 saturated carbocycles. The van der Waals surface area contributed by atoms with E-state index in [1.54, 1.807) is 11.8 Å². The largest absolute Gasteiger partial charge is 0.426 e. The molecular weight excluding hydrogens is 252 g/mol. The second kappa shape index (κ2) is 6.36. The number of ether oxygens (including phenoxy) is 1. The van der Waals surface area contributed by atoms with Crippen molar-refractivity contribution >= 4 is 29.5 Å². The van der Waals surface area contributed by atoms with Gasteiger partial charge in [0.15, 0.2) is 0 Å². The van der Waals surface area contributed by atoms with E-state index in [1.165, 1.54) is 6.92 Å². The fraction of sp³-hybridized carbons (Fsp3) is 0.462. The molecule has 0 saturated heterocycles. The lowest BCUT2D eigenvalue weighted by Crippen LogP contribution is -2.10. The van der Waals surface area contributed by atoms with E-state index in [2.05, 4.69) is 20.8 Å². The van der Waals surface area contributed by atoms with Crippen LogP contribution >= 0.6 is 23.5 Å². The van der Waals surface area contributed by atoms with Gasteiger partial charge in [0, 0.05) is 6.92 Å². The summed E-state index contributed by atoms with van der Waals surface area (Å²) in [4.78, 5) is 12.0. The molecule has 0 spiro atoms. The van der Waals surface area contributed by atoms with Crippen molar-refractivity contribution in [1.82, 2.24) is 0 Å². The number of para-hydroxylation sites is 1. The number of rotatable bonds is 5. The summed E-state index contributed by atoms with van der Waals surface area (Å²) in [6.45, 7) is 7.92. The summed E-state index contributed by atoms with van der Waals surface area (Å²) in [5, 5.41) is 0. The minimum Gasteiger partial charge on any atom is -0.426 e. The highest BCUT2D eigenvalue weighted by Crippen LogP contribution is 2.44. The van der Waals surface area contributed by atoms with Crippen LogP contribution in [0, 0.1) is 0 Å². The molecule has 1 aromatic carbocycles. The molecule has 1 aromatic rings. The normalized spacial score (nSPS) is 11.3. The Morgan fingerprint density at radius 3 is 2.59 bits per heavy atom. The number of benzene rings is 1. The minimum atomic E-state index is -0.279. The van der Waals surface area contributed by atoms with Crippen LogP contribution in [0.4, 0.5) is 0 Å². The van der Waals surface area contributed by atoms with Crippen LogP contribution in [0.5, 0.6) is 5.75 Å². The van der Waals surface area contributed by atoms with Crippen LogP contribution in [0.25, 0.3) is 0 Å². The molecule has 1 rings (SSSR count). The van der Waals surface area contributed by atoms with E-state index in [0.717, 1.165) is 10.6 Å². The number of carbonyl (C=O) groups is 1. The summed E-state index contributed by atoms with van der Waals surface area (Å²) in [5.74, 6) is 1.43. The Morgan fingerprint density at radius 2 is 2.00 bits per heavy atom. The average Bonchev–Trinajstić information content (AvgIpc) is 2.19. The van der Waals surface area contributed by atoms with E-state index in [9.17, 15) is 4.79 Å². The van der Waals surface area contributed by atoms with E-state index in [0.29, 0.717) is 5.75 Å². The lowest BCUT2D eigenvalue weighted by molar-refractivity contribution is -0.132. The molecule has 0 aliphatic heterocycles. The van der Waals surface area contributed by atoms with Gasteiger partial charge in [0.2, 0.25) is 0 Å².